The summed E-state index contributed by atoms with van der Waals surface area (Å²) in [5, 5.41) is 5.29. The second kappa shape index (κ2) is 4.84. The first kappa shape index (κ1) is 10.7. The van der Waals surface area contributed by atoms with Gasteiger partial charge in [-0.1, -0.05) is 37.5 Å². The Bertz CT molecular complexity index is 311. The van der Waals surface area contributed by atoms with Gasteiger partial charge in [0.1, 0.15) is 5.00 Å². The van der Waals surface area contributed by atoms with E-state index in [0.29, 0.717) is 6.04 Å². The number of nitrogens with zero attached hydrogens (tertiary/aromatic N) is 1. The van der Waals surface area contributed by atoms with E-state index in [1.165, 1.54) is 32.1 Å². The average Bonchev–Trinajstić information content (AvgIpc) is 2.50. The molecule has 1 saturated carbocycles. The van der Waals surface area contributed by atoms with Crippen LogP contribution in [0.2, 0.25) is 0 Å². The van der Waals surface area contributed by atoms with Crippen LogP contribution in [-0.2, 0) is 0 Å². The van der Waals surface area contributed by atoms with E-state index in [0.717, 1.165) is 16.1 Å². The highest BCUT2D eigenvalue weighted by Gasteiger charge is 2.20. The monoisotopic (exact) mass is 225 g/mol. The van der Waals surface area contributed by atoms with Crippen molar-refractivity contribution in [1.82, 2.24) is 4.98 Å². The molecule has 0 spiro atoms. The van der Waals surface area contributed by atoms with E-state index in [1.54, 1.807) is 17.5 Å². The minimum Gasteiger partial charge on any atom is -0.389 e. The lowest BCUT2D eigenvalue weighted by Gasteiger charge is -2.22. The molecule has 2 rings (SSSR count). The standard InChI is InChI=1S/C11H19N3S/c1-8-5-3-2-4-6-9(8)14-11-13-7-10(12)15-11/h7-9H,2-6,12H2,1H3,(H,13,14). The van der Waals surface area contributed by atoms with E-state index in [9.17, 15) is 0 Å². The fraction of sp³-hybridized carbons (Fsp3) is 0.727. The molecule has 0 aliphatic heterocycles. The SMILES string of the molecule is CC1CCCCCC1Nc1ncc(N)s1. The number of hydrogen-bond donors (Lipinski definition) is 2. The smallest absolute Gasteiger partial charge is 0.184 e. The highest BCUT2D eigenvalue weighted by atomic mass is 32.1. The highest BCUT2D eigenvalue weighted by molar-refractivity contribution is 7.19. The van der Waals surface area contributed by atoms with Crippen molar-refractivity contribution in [3.8, 4) is 0 Å². The van der Waals surface area contributed by atoms with Gasteiger partial charge in [-0.3, -0.25) is 0 Å². The number of rotatable bonds is 2. The molecule has 84 valence electrons. The lowest BCUT2D eigenvalue weighted by Crippen LogP contribution is -2.26. The maximum absolute atomic E-state index is 5.67. The Morgan fingerprint density at radius 1 is 1.40 bits per heavy atom. The number of aromatic nitrogens is 1. The van der Waals surface area contributed by atoms with Crippen molar-refractivity contribution in [3.63, 3.8) is 0 Å². The summed E-state index contributed by atoms with van der Waals surface area (Å²) in [7, 11) is 0. The van der Waals surface area contributed by atoms with Crippen LogP contribution in [0.5, 0.6) is 0 Å². The molecule has 1 aromatic heterocycles. The number of hydrogen-bond acceptors (Lipinski definition) is 4. The van der Waals surface area contributed by atoms with Gasteiger partial charge < -0.3 is 11.1 Å². The number of anilines is 2. The minimum absolute atomic E-state index is 0.582. The zero-order valence-electron chi connectivity index (χ0n) is 9.20. The van der Waals surface area contributed by atoms with Crippen LogP contribution in [0.1, 0.15) is 39.0 Å². The molecule has 1 aliphatic carbocycles. The van der Waals surface area contributed by atoms with Crippen molar-refractivity contribution in [2.45, 2.75) is 45.1 Å². The molecule has 3 nitrogen and oxygen atoms in total. The van der Waals surface area contributed by atoms with E-state index in [4.69, 9.17) is 5.73 Å². The molecule has 3 N–H and O–H groups in total. The topological polar surface area (TPSA) is 50.9 Å². The third-order valence-electron chi connectivity index (χ3n) is 3.19. The molecule has 0 saturated heterocycles. The number of nitrogens with one attached hydrogen (secondary N) is 1. The van der Waals surface area contributed by atoms with Gasteiger partial charge in [0.15, 0.2) is 5.13 Å². The first-order valence-corrected chi connectivity index (χ1v) is 6.55. The summed E-state index contributed by atoms with van der Waals surface area (Å²) in [6.45, 7) is 2.33. The molecule has 4 heteroatoms. The first-order valence-electron chi connectivity index (χ1n) is 5.73. The highest BCUT2D eigenvalue weighted by Crippen LogP contribution is 2.28. The lowest BCUT2D eigenvalue weighted by atomic mass is 9.97. The predicted octanol–water partition coefficient (Wildman–Crippen LogP) is 3.11. The maximum Gasteiger partial charge on any atom is 0.184 e. The van der Waals surface area contributed by atoms with Crippen LogP contribution in [0.4, 0.5) is 10.1 Å². The summed E-state index contributed by atoms with van der Waals surface area (Å²) in [5.41, 5.74) is 5.67. The summed E-state index contributed by atoms with van der Waals surface area (Å²) in [6, 6.07) is 0.582. The quantitative estimate of drug-likeness (QED) is 0.760. The molecule has 2 atom stereocenters. The number of thiazole rings is 1. The molecule has 1 aliphatic rings. The minimum atomic E-state index is 0.582. The lowest BCUT2D eigenvalue weighted by molar-refractivity contribution is 0.456. The van der Waals surface area contributed by atoms with E-state index in [-0.39, 0.29) is 0 Å². The summed E-state index contributed by atoms with van der Waals surface area (Å²) < 4.78 is 0. The molecule has 1 fully saturated rings. The zero-order chi connectivity index (χ0) is 10.7. The largest absolute Gasteiger partial charge is 0.389 e. The van der Waals surface area contributed by atoms with Crippen LogP contribution in [0.3, 0.4) is 0 Å². The van der Waals surface area contributed by atoms with Gasteiger partial charge in [-0.05, 0) is 18.8 Å². The van der Waals surface area contributed by atoms with Gasteiger partial charge in [0.25, 0.3) is 0 Å². The Morgan fingerprint density at radius 2 is 2.20 bits per heavy atom. The summed E-state index contributed by atoms with van der Waals surface area (Å²) in [4.78, 5) is 4.26. The second-order valence-corrected chi connectivity index (χ2v) is 5.50. The average molecular weight is 225 g/mol. The zero-order valence-corrected chi connectivity index (χ0v) is 10.0. The Labute approximate surface area is 95.1 Å². The fourth-order valence-electron chi connectivity index (χ4n) is 2.22. The first-order chi connectivity index (χ1) is 7.25. The van der Waals surface area contributed by atoms with Crippen LogP contribution in [0, 0.1) is 5.92 Å². The van der Waals surface area contributed by atoms with E-state index in [1.807, 2.05) is 0 Å². The molecule has 0 amide bonds. The van der Waals surface area contributed by atoms with Crippen molar-refractivity contribution < 1.29 is 0 Å². The van der Waals surface area contributed by atoms with Crippen LogP contribution < -0.4 is 11.1 Å². The third-order valence-corrected chi connectivity index (χ3v) is 3.95. The van der Waals surface area contributed by atoms with Gasteiger partial charge >= 0.3 is 0 Å². The number of nitrogen functional groups attached to an aromatic ring is 1. The molecule has 0 aromatic carbocycles. The van der Waals surface area contributed by atoms with E-state index in [2.05, 4.69) is 17.2 Å². The van der Waals surface area contributed by atoms with Crippen molar-refractivity contribution >= 4 is 21.5 Å². The molecule has 0 radical (unpaired) electrons. The van der Waals surface area contributed by atoms with E-state index >= 15 is 0 Å². The van der Waals surface area contributed by atoms with Crippen molar-refractivity contribution in [2.75, 3.05) is 11.1 Å². The Balaban J connectivity index is 1.97. The summed E-state index contributed by atoms with van der Waals surface area (Å²) in [5.74, 6) is 0.748. The van der Waals surface area contributed by atoms with Gasteiger partial charge in [-0.25, -0.2) is 4.98 Å². The van der Waals surface area contributed by atoms with Gasteiger partial charge in [0, 0.05) is 6.04 Å². The second-order valence-electron chi connectivity index (χ2n) is 4.43. The van der Waals surface area contributed by atoms with Crippen LogP contribution in [-0.4, -0.2) is 11.0 Å². The van der Waals surface area contributed by atoms with Crippen molar-refractivity contribution in [2.24, 2.45) is 5.92 Å². The summed E-state index contributed by atoms with van der Waals surface area (Å²) in [6.07, 6.45) is 8.41. The van der Waals surface area contributed by atoms with Gasteiger partial charge in [-0.15, -0.1) is 0 Å². The molecule has 2 unspecified atom stereocenters. The molecule has 1 aromatic rings. The summed E-state index contributed by atoms with van der Waals surface area (Å²) >= 11 is 1.55. The fourth-order valence-corrected chi connectivity index (χ4v) is 2.86. The van der Waals surface area contributed by atoms with Gasteiger partial charge in [-0.2, -0.15) is 0 Å². The predicted molar refractivity (Wildman–Crippen MR) is 66.2 cm³/mol. The Morgan fingerprint density at radius 3 is 2.93 bits per heavy atom. The molecule has 1 heterocycles. The van der Waals surface area contributed by atoms with E-state index < -0.39 is 0 Å². The van der Waals surface area contributed by atoms with Gasteiger partial charge in [0.05, 0.1) is 6.20 Å². The normalized spacial score (nSPS) is 27.3. The van der Waals surface area contributed by atoms with Crippen molar-refractivity contribution in [1.29, 1.82) is 0 Å². The maximum atomic E-state index is 5.67. The van der Waals surface area contributed by atoms with Crippen molar-refractivity contribution in [3.05, 3.63) is 6.20 Å². The van der Waals surface area contributed by atoms with Crippen LogP contribution in [0.15, 0.2) is 6.20 Å². The third kappa shape index (κ3) is 2.84. The molecule has 15 heavy (non-hydrogen) atoms. The number of nitrogens with two attached hydrogens (primary N) is 1. The Hall–Kier alpha value is -0.770. The van der Waals surface area contributed by atoms with Gasteiger partial charge in [0.2, 0.25) is 0 Å². The Kier molecular flexibility index (Phi) is 3.46. The molecular weight excluding hydrogens is 206 g/mol. The van der Waals surface area contributed by atoms with Crippen LogP contribution >= 0.6 is 11.3 Å². The molecule has 0 bridgehead atoms. The molecular formula is C11H19N3S. The van der Waals surface area contributed by atoms with Crippen LogP contribution in [0.25, 0.3) is 0 Å².